The fourth-order valence-electron chi connectivity index (χ4n) is 4.53. The van der Waals surface area contributed by atoms with Gasteiger partial charge in [0.2, 0.25) is 0 Å². The largest absolute Gasteiger partial charge is 0.339 e. The Labute approximate surface area is 198 Å². The Morgan fingerprint density at radius 2 is 1.76 bits per heavy atom. The summed E-state index contributed by atoms with van der Waals surface area (Å²) < 4.78 is 14.8. The van der Waals surface area contributed by atoms with Crippen molar-refractivity contribution in [1.29, 1.82) is 0 Å². The maximum absolute atomic E-state index is 13.4. The lowest BCUT2D eigenvalue weighted by atomic mass is 10.0. The minimum Gasteiger partial charge on any atom is -0.339 e. The molecule has 5 nitrogen and oxygen atoms in total. The summed E-state index contributed by atoms with van der Waals surface area (Å²) in [5, 5.41) is 4.01. The van der Waals surface area contributed by atoms with Crippen molar-refractivity contribution in [2.24, 2.45) is 5.92 Å². The summed E-state index contributed by atoms with van der Waals surface area (Å²) in [5.74, 6) is -0.407. The Balaban J connectivity index is 1.49. The van der Waals surface area contributed by atoms with E-state index >= 15 is 0 Å². The van der Waals surface area contributed by atoms with E-state index in [1.165, 1.54) is 23.5 Å². The zero-order valence-electron chi connectivity index (χ0n) is 19.1. The SMILES string of the molecule is CC(C)C[C@H](NC(=O)c1cc2ccccc2s1)C(=O)N[N+]1(Cc2ccc(F)cc2)CCCC1. The molecule has 0 aliphatic carbocycles. The Hall–Kier alpha value is -2.77. The van der Waals surface area contributed by atoms with Gasteiger partial charge in [0, 0.05) is 23.1 Å². The first-order chi connectivity index (χ1) is 15.8. The van der Waals surface area contributed by atoms with E-state index in [1.54, 1.807) is 12.1 Å². The maximum atomic E-state index is 13.4. The lowest BCUT2D eigenvalue weighted by Gasteiger charge is -2.35. The molecule has 2 heterocycles. The molecule has 33 heavy (non-hydrogen) atoms. The van der Waals surface area contributed by atoms with Gasteiger partial charge in [-0.25, -0.2) is 8.98 Å². The van der Waals surface area contributed by atoms with E-state index < -0.39 is 6.04 Å². The van der Waals surface area contributed by atoms with Crippen molar-refractivity contribution in [3.05, 3.63) is 70.9 Å². The monoisotopic (exact) mass is 468 g/mol. The molecule has 0 radical (unpaired) electrons. The molecule has 1 saturated heterocycles. The normalized spacial score (nSPS) is 16.1. The molecule has 2 amide bonds. The van der Waals surface area contributed by atoms with Crippen LogP contribution in [0.2, 0.25) is 0 Å². The second kappa shape index (κ2) is 10.0. The molecular weight excluding hydrogens is 437 g/mol. The second-order valence-corrected chi connectivity index (χ2v) is 10.4. The van der Waals surface area contributed by atoms with Crippen LogP contribution in [-0.2, 0) is 11.3 Å². The van der Waals surface area contributed by atoms with Gasteiger partial charge in [0.15, 0.2) is 0 Å². The third-order valence-corrected chi connectivity index (χ3v) is 7.26. The highest BCUT2D eigenvalue weighted by atomic mass is 32.1. The number of carbonyl (C=O) groups is 2. The third-order valence-electron chi connectivity index (χ3n) is 6.15. The number of carbonyl (C=O) groups excluding carboxylic acids is 2. The van der Waals surface area contributed by atoms with Gasteiger partial charge >= 0.3 is 0 Å². The predicted molar refractivity (Wildman–Crippen MR) is 130 cm³/mol. The molecular formula is C26H31FN3O2S+. The molecule has 2 N–H and O–H groups in total. The van der Waals surface area contributed by atoms with Gasteiger partial charge in [-0.15, -0.1) is 11.3 Å². The minimum absolute atomic E-state index is 0.165. The summed E-state index contributed by atoms with van der Waals surface area (Å²) in [6.07, 6.45) is 2.59. The van der Waals surface area contributed by atoms with E-state index in [0.717, 1.165) is 41.6 Å². The second-order valence-electron chi connectivity index (χ2n) is 9.36. The van der Waals surface area contributed by atoms with Crippen molar-refractivity contribution < 1.29 is 18.6 Å². The zero-order valence-corrected chi connectivity index (χ0v) is 20.0. The van der Waals surface area contributed by atoms with Crippen LogP contribution in [0.1, 0.15) is 48.3 Å². The third kappa shape index (κ3) is 5.78. The maximum Gasteiger partial charge on any atom is 0.287 e. The number of rotatable bonds is 8. The van der Waals surface area contributed by atoms with Crippen molar-refractivity contribution in [2.75, 3.05) is 13.1 Å². The van der Waals surface area contributed by atoms with E-state index in [9.17, 15) is 14.0 Å². The molecule has 1 atom stereocenters. The van der Waals surface area contributed by atoms with Crippen molar-refractivity contribution in [1.82, 2.24) is 10.7 Å². The van der Waals surface area contributed by atoms with Crippen LogP contribution in [0.25, 0.3) is 10.1 Å². The van der Waals surface area contributed by atoms with E-state index in [-0.39, 0.29) is 23.5 Å². The average Bonchev–Trinajstić information content (AvgIpc) is 3.42. The number of likely N-dealkylation sites (tertiary alicyclic amines) is 1. The summed E-state index contributed by atoms with van der Waals surface area (Å²) in [7, 11) is 0. The number of hydrogen-bond acceptors (Lipinski definition) is 3. The Morgan fingerprint density at radius 3 is 2.42 bits per heavy atom. The molecule has 1 aliphatic rings. The molecule has 4 rings (SSSR count). The summed E-state index contributed by atoms with van der Waals surface area (Å²) in [6, 6.07) is 15.6. The van der Waals surface area contributed by atoms with Crippen LogP contribution in [-0.4, -0.2) is 35.5 Å². The predicted octanol–water partition coefficient (Wildman–Crippen LogP) is 5.03. The number of amides is 2. The Morgan fingerprint density at radius 1 is 1.06 bits per heavy atom. The number of benzene rings is 2. The molecule has 2 aromatic carbocycles. The van der Waals surface area contributed by atoms with E-state index in [0.29, 0.717) is 22.4 Å². The van der Waals surface area contributed by atoms with Crippen LogP contribution in [0.4, 0.5) is 4.39 Å². The fourth-order valence-corrected chi connectivity index (χ4v) is 5.49. The highest BCUT2D eigenvalue weighted by molar-refractivity contribution is 7.20. The van der Waals surface area contributed by atoms with Crippen LogP contribution in [0.15, 0.2) is 54.6 Å². The highest BCUT2D eigenvalue weighted by Gasteiger charge is 2.37. The molecule has 0 unspecified atom stereocenters. The molecule has 0 spiro atoms. The van der Waals surface area contributed by atoms with Crippen LogP contribution in [0, 0.1) is 11.7 Å². The molecule has 3 aromatic rings. The van der Waals surface area contributed by atoms with Crippen LogP contribution >= 0.6 is 11.3 Å². The van der Waals surface area contributed by atoms with Gasteiger partial charge in [-0.3, -0.25) is 9.59 Å². The average molecular weight is 469 g/mol. The molecule has 1 fully saturated rings. The number of nitrogens with zero attached hydrogens (tertiary/aromatic N) is 1. The first-order valence-corrected chi connectivity index (χ1v) is 12.4. The van der Waals surface area contributed by atoms with E-state index in [1.807, 2.05) is 44.2 Å². The van der Waals surface area contributed by atoms with Crippen molar-refractivity contribution >= 4 is 33.2 Å². The van der Waals surface area contributed by atoms with Crippen LogP contribution in [0.5, 0.6) is 0 Å². The number of fused-ring (bicyclic) bond motifs is 1. The zero-order chi connectivity index (χ0) is 23.4. The summed E-state index contributed by atoms with van der Waals surface area (Å²) in [4.78, 5) is 27.1. The smallest absolute Gasteiger partial charge is 0.287 e. The molecule has 174 valence electrons. The standard InChI is InChI=1S/C26H30FN3O2S/c1-18(2)15-22(28-26(32)24-16-20-7-3-4-8-23(20)33-24)25(31)29-30(13-5-6-14-30)17-19-9-11-21(27)12-10-19/h3-4,7-12,16,18,22H,5-6,13-15,17H2,1-2H3,(H-,28,29,31,32)/p+1/t22-/m0/s1. The molecule has 0 saturated carbocycles. The lowest BCUT2D eigenvalue weighted by molar-refractivity contribution is -0.963. The first kappa shape index (κ1) is 23.4. The van der Waals surface area contributed by atoms with Crippen molar-refractivity contribution in [2.45, 2.75) is 45.7 Å². The number of nitrogens with one attached hydrogen (secondary N) is 2. The Bertz CT molecular complexity index is 1090. The van der Waals surface area contributed by atoms with E-state index in [2.05, 4.69) is 10.7 Å². The van der Waals surface area contributed by atoms with Gasteiger partial charge < -0.3 is 5.32 Å². The summed E-state index contributed by atoms with van der Waals surface area (Å²) in [6.45, 7) is 6.34. The minimum atomic E-state index is -0.619. The van der Waals surface area contributed by atoms with Gasteiger partial charge in [-0.05, 0) is 42.0 Å². The van der Waals surface area contributed by atoms with Gasteiger partial charge in [0.25, 0.3) is 11.8 Å². The Kier molecular flexibility index (Phi) is 7.10. The van der Waals surface area contributed by atoms with Gasteiger partial charge in [-0.2, -0.15) is 5.43 Å². The van der Waals surface area contributed by atoms with E-state index in [4.69, 9.17) is 0 Å². The summed E-state index contributed by atoms with van der Waals surface area (Å²) >= 11 is 1.43. The van der Waals surface area contributed by atoms with Gasteiger partial charge in [0.05, 0.1) is 4.88 Å². The molecule has 0 bridgehead atoms. The van der Waals surface area contributed by atoms with Crippen molar-refractivity contribution in [3.63, 3.8) is 0 Å². The number of thiophene rings is 1. The first-order valence-electron chi connectivity index (χ1n) is 11.6. The summed E-state index contributed by atoms with van der Waals surface area (Å²) in [5.41, 5.74) is 4.22. The lowest BCUT2D eigenvalue weighted by Crippen LogP contribution is -2.62. The molecule has 1 aliphatic heterocycles. The highest BCUT2D eigenvalue weighted by Crippen LogP contribution is 2.26. The van der Waals surface area contributed by atoms with Crippen LogP contribution in [0.3, 0.4) is 0 Å². The van der Waals surface area contributed by atoms with Gasteiger partial charge in [-0.1, -0.05) is 44.2 Å². The topological polar surface area (TPSA) is 58.2 Å². The van der Waals surface area contributed by atoms with Gasteiger partial charge in [0.1, 0.15) is 31.5 Å². The van der Waals surface area contributed by atoms with Crippen LogP contribution < -0.4 is 10.7 Å². The fraction of sp³-hybridized carbons (Fsp3) is 0.385. The number of halogens is 1. The molecule has 7 heteroatoms. The number of hydrogen-bond donors (Lipinski definition) is 2. The number of quaternary nitrogens is 1. The quantitative estimate of drug-likeness (QED) is 0.456. The van der Waals surface area contributed by atoms with Crippen molar-refractivity contribution in [3.8, 4) is 0 Å². The molecule has 1 aromatic heterocycles.